The maximum atomic E-state index is 12.2. The zero-order chi connectivity index (χ0) is 16.1. The number of anilines is 2. The number of para-hydroxylation sites is 1. The fourth-order valence-electron chi connectivity index (χ4n) is 2.12. The topological polar surface area (TPSA) is 87.5 Å². The van der Waals surface area contributed by atoms with Crippen LogP contribution in [0.2, 0.25) is 0 Å². The molecule has 0 unspecified atom stereocenters. The minimum absolute atomic E-state index is 0.0550. The van der Waals surface area contributed by atoms with Crippen molar-refractivity contribution in [1.82, 2.24) is 9.78 Å². The summed E-state index contributed by atoms with van der Waals surface area (Å²) in [6, 6.07) is 10.7. The number of hydrogen-bond acceptors (Lipinski definition) is 4. The van der Waals surface area contributed by atoms with E-state index in [4.69, 9.17) is 5.11 Å². The Kier molecular flexibility index (Phi) is 4.77. The highest BCUT2D eigenvalue weighted by molar-refractivity contribution is 5.94. The van der Waals surface area contributed by atoms with E-state index in [1.807, 2.05) is 13.0 Å². The number of nitrogens with one attached hydrogen (secondary N) is 1. The van der Waals surface area contributed by atoms with E-state index in [1.165, 1.54) is 4.90 Å². The summed E-state index contributed by atoms with van der Waals surface area (Å²) in [6.07, 6.45) is 0. The molecule has 1 aromatic heterocycles. The summed E-state index contributed by atoms with van der Waals surface area (Å²) >= 11 is 0. The van der Waals surface area contributed by atoms with Gasteiger partial charge in [-0.1, -0.05) is 18.2 Å². The molecule has 0 saturated carbocycles. The Morgan fingerprint density at radius 2 is 1.95 bits per heavy atom. The molecule has 7 nitrogen and oxygen atoms in total. The molecule has 0 bridgehead atoms. The highest BCUT2D eigenvalue weighted by atomic mass is 16.4. The predicted molar refractivity (Wildman–Crippen MR) is 82.9 cm³/mol. The first-order valence-corrected chi connectivity index (χ1v) is 6.78. The second-order valence-corrected chi connectivity index (χ2v) is 4.93. The molecule has 0 aliphatic carbocycles. The van der Waals surface area contributed by atoms with Crippen LogP contribution in [-0.2, 0) is 16.6 Å². The number of rotatable bonds is 6. The molecule has 7 heteroatoms. The lowest BCUT2D eigenvalue weighted by Crippen LogP contribution is -2.37. The molecule has 1 amide bonds. The molecule has 0 saturated heterocycles. The quantitative estimate of drug-likeness (QED) is 0.838. The summed E-state index contributed by atoms with van der Waals surface area (Å²) in [6.45, 7) is 1.53. The van der Waals surface area contributed by atoms with Crippen LogP contribution >= 0.6 is 0 Å². The summed E-state index contributed by atoms with van der Waals surface area (Å²) in [4.78, 5) is 24.6. The first kappa shape index (κ1) is 15.6. The van der Waals surface area contributed by atoms with Crippen LogP contribution in [0, 0.1) is 6.92 Å². The van der Waals surface area contributed by atoms with Crippen molar-refractivity contribution < 1.29 is 14.7 Å². The second kappa shape index (κ2) is 6.75. The maximum absolute atomic E-state index is 12.2. The molecule has 0 spiro atoms. The summed E-state index contributed by atoms with van der Waals surface area (Å²) < 4.78 is 1.57. The number of hydrogen-bond donors (Lipinski definition) is 2. The molecule has 0 aliphatic rings. The van der Waals surface area contributed by atoms with Crippen molar-refractivity contribution in [3.05, 3.63) is 42.1 Å². The third-order valence-electron chi connectivity index (χ3n) is 3.05. The Labute approximate surface area is 128 Å². The van der Waals surface area contributed by atoms with Gasteiger partial charge in [0.1, 0.15) is 12.4 Å². The van der Waals surface area contributed by atoms with Crippen molar-refractivity contribution in [1.29, 1.82) is 0 Å². The van der Waals surface area contributed by atoms with Crippen LogP contribution in [0.3, 0.4) is 0 Å². The van der Waals surface area contributed by atoms with Gasteiger partial charge >= 0.3 is 5.97 Å². The second-order valence-electron chi connectivity index (χ2n) is 4.93. The Bertz CT molecular complexity index is 667. The normalized spacial score (nSPS) is 10.3. The van der Waals surface area contributed by atoms with Gasteiger partial charge in [0.05, 0.1) is 12.2 Å². The molecule has 1 heterocycles. The van der Waals surface area contributed by atoms with Crippen molar-refractivity contribution in [3.63, 3.8) is 0 Å². The average Bonchev–Trinajstić information content (AvgIpc) is 2.76. The van der Waals surface area contributed by atoms with E-state index in [-0.39, 0.29) is 19.0 Å². The first-order chi connectivity index (χ1) is 10.5. The van der Waals surface area contributed by atoms with E-state index < -0.39 is 5.97 Å². The molecular weight excluding hydrogens is 284 g/mol. The van der Waals surface area contributed by atoms with E-state index in [1.54, 1.807) is 42.1 Å². The molecular formula is C15H18N4O3. The van der Waals surface area contributed by atoms with Crippen LogP contribution in [-0.4, -0.2) is 39.9 Å². The van der Waals surface area contributed by atoms with Gasteiger partial charge in [0.25, 0.3) is 0 Å². The van der Waals surface area contributed by atoms with Crippen molar-refractivity contribution in [2.24, 2.45) is 7.05 Å². The lowest BCUT2D eigenvalue weighted by molar-refractivity contribution is -0.135. The van der Waals surface area contributed by atoms with Crippen molar-refractivity contribution in [2.45, 2.75) is 6.92 Å². The summed E-state index contributed by atoms with van der Waals surface area (Å²) in [7, 11) is 1.73. The minimum Gasteiger partial charge on any atom is -0.480 e. The highest BCUT2D eigenvalue weighted by Gasteiger charge is 2.15. The number of amides is 1. The van der Waals surface area contributed by atoms with Gasteiger partial charge in [-0.2, -0.15) is 5.10 Å². The van der Waals surface area contributed by atoms with Crippen LogP contribution in [0.5, 0.6) is 0 Å². The fourth-order valence-corrected chi connectivity index (χ4v) is 2.12. The number of aromatic nitrogens is 2. The lowest BCUT2D eigenvalue weighted by atomic mass is 10.3. The van der Waals surface area contributed by atoms with Crippen LogP contribution in [0.4, 0.5) is 11.5 Å². The van der Waals surface area contributed by atoms with E-state index >= 15 is 0 Å². The number of carbonyl (C=O) groups excluding carboxylic acids is 1. The third kappa shape index (κ3) is 4.08. The number of carboxylic acid groups (broad SMARTS) is 1. The number of aliphatic carboxylic acids is 1. The Morgan fingerprint density at radius 1 is 1.27 bits per heavy atom. The van der Waals surface area contributed by atoms with Gasteiger partial charge in [-0.15, -0.1) is 0 Å². The zero-order valence-electron chi connectivity index (χ0n) is 12.5. The lowest BCUT2D eigenvalue weighted by Gasteiger charge is -2.22. The molecule has 0 radical (unpaired) electrons. The molecule has 0 fully saturated rings. The smallest absolute Gasteiger partial charge is 0.323 e. The van der Waals surface area contributed by atoms with Crippen molar-refractivity contribution >= 4 is 23.4 Å². The number of nitrogens with zero attached hydrogens (tertiary/aromatic N) is 3. The highest BCUT2D eigenvalue weighted by Crippen LogP contribution is 2.13. The number of carboxylic acids is 1. The standard InChI is InChI=1S/C15H18N4O3/c1-11-8-13(18(2)17-11)16-14(20)9-19(10-15(21)22)12-6-4-3-5-7-12/h3-8H,9-10H2,1-2H3,(H,16,20)(H,21,22). The predicted octanol–water partition coefficient (Wildman–Crippen LogP) is 1.26. The molecule has 0 aliphatic heterocycles. The maximum Gasteiger partial charge on any atom is 0.323 e. The van der Waals surface area contributed by atoms with Crippen molar-refractivity contribution in [3.8, 4) is 0 Å². The fraction of sp³-hybridized carbons (Fsp3) is 0.267. The van der Waals surface area contributed by atoms with Crippen LogP contribution in [0.1, 0.15) is 5.69 Å². The Hall–Kier alpha value is -2.83. The van der Waals surface area contributed by atoms with Gasteiger partial charge in [-0.05, 0) is 19.1 Å². The van der Waals surface area contributed by atoms with Crippen LogP contribution < -0.4 is 10.2 Å². The molecule has 116 valence electrons. The number of aryl methyl sites for hydroxylation is 2. The SMILES string of the molecule is Cc1cc(NC(=O)CN(CC(=O)O)c2ccccc2)n(C)n1. The van der Waals surface area contributed by atoms with Crippen LogP contribution in [0.25, 0.3) is 0 Å². The number of carbonyl (C=O) groups is 2. The van der Waals surface area contributed by atoms with Gasteiger partial charge in [-0.25, -0.2) is 0 Å². The Balaban J connectivity index is 2.08. The van der Waals surface area contributed by atoms with E-state index in [0.29, 0.717) is 11.5 Å². The average molecular weight is 302 g/mol. The number of benzene rings is 1. The van der Waals surface area contributed by atoms with Gasteiger partial charge in [0, 0.05) is 18.8 Å². The van der Waals surface area contributed by atoms with Gasteiger partial charge in [-0.3, -0.25) is 14.3 Å². The largest absolute Gasteiger partial charge is 0.480 e. The first-order valence-electron chi connectivity index (χ1n) is 6.78. The van der Waals surface area contributed by atoms with Crippen LogP contribution in [0.15, 0.2) is 36.4 Å². The van der Waals surface area contributed by atoms with E-state index in [0.717, 1.165) is 5.69 Å². The zero-order valence-corrected chi connectivity index (χ0v) is 12.5. The minimum atomic E-state index is -0.993. The molecule has 2 rings (SSSR count). The van der Waals surface area contributed by atoms with Gasteiger partial charge in [0.2, 0.25) is 5.91 Å². The van der Waals surface area contributed by atoms with Gasteiger partial charge in [0.15, 0.2) is 0 Å². The molecule has 0 atom stereocenters. The molecule has 2 aromatic rings. The molecule has 2 N–H and O–H groups in total. The summed E-state index contributed by atoms with van der Waals surface area (Å²) in [5.41, 5.74) is 1.48. The van der Waals surface area contributed by atoms with E-state index in [2.05, 4.69) is 10.4 Å². The Morgan fingerprint density at radius 3 is 2.50 bits per heavy atom. The molecule has 1 aromatic carbocycles. The summed E-state index contributed by atoms with van der Waals surface area (Å²) in [5.74, 6) is -0.716. The monoisotopic (exact) mass is 302 g/mol. The molecule has 22 heavy (non-hydrogen) atoms. The third-order valence-corrected chi connectivity index (χ3v) is 3.05. The van der Waals surface area contributed by atoms with Gasteiger partial charge < -0.3 is 15.3 Å². The van der Waals surface area contributed by atoms with E-state index in [9.17, 15) is 9.59 Å². The summed E-state index contributed by atoms with van der Waals surface area (Å²) in [5, 5.41) is 15.9. The van der Waals surface area contributed by atoms with Crippen molar-refractivity contribution in [2.75, 3.05) is 23.3 Å².